The van der Waals surface area contributed by atoms with Crippen molar-refractivity contribution in [1.29, 1.82) is 5.26 Å². The minimum absolute atomic E-state index is 0.262. The Bertz CT molecular complexity index is 564. The molecule has 0 bridgehead atoms. The highest BCUT2D eigenvalue weighted by atomic mass is 15.4. The fraction of sp³-hybridized carbons (Fsp3) is 0.800. The maximum Gasteiger partial charge on any atom is 0.300 e. The topological polar surface area (TPSA) is 41.1 Å². The summed E-state index contributed by atoms with van der Waals surface area (Å²) in [6.07, 6.45) is 6.33. The quantitative estimate of drug-likeness (QED) is 0.517. The molecule has 0 spiro atoms. The van der Waals surface area contributed by atoms with E-state index in [2.05, 4.69) is 37.4 Å². The fourth-order valence-corrected chi connectivity index (χ4v) is 4.57. The van der Waals surface area contributed by atoms with Crippen LogP contribution in [-0.4, -0.2) is 84.5 Å². The SMILES string of the molecule is [C-]#[N+]/C(C#N)=C1\N(CCCN2CCCC2C)CCN1CCN1CCCC1. The number of nitrogens with zero attached hydrogens (tertiary/aromatic N) is 6. The van der Waals surface area contributed by atoms with Gasteiger partial charge in [-0.2, -0.15) is 0 Å². The molecule has 0 amide bonds. The van der Waals surface area contributed by atoms with Crippen LogP contribution in [0.5, 0.6) is 0 Å². The maximum atomic E-state index is 9.44. The zero-order chi connectivity index (χ0) is 18.4. The summed E-state index contributed by atoms with van der Waals surface area (Å²) in [5, 5.41) is 9.44. The van der Waals surface area contributed by atoms with Crippen molar-refractivity contribution in [3.63, 3.8) is 0 Å². The molecule has 1 atom stereocenters. The molecule has 0 aromatic rings. The largest absolute Gasteiger partial charge is 0.365 e. The van der Waals surface area contributed by atoms with E-state index in [1.807, 2.05) is 0 Å². The molecule has 3 fully saturated rings. The summed E-state index contributed by atoms with van der Waals surface area (Å²) in [4.78, 5) is 13.2. The summed E-state index contributed by atoms with van der Waals surface area (Å²) >= 11 is 0. The van der Waals surface area contributed by atoms with Gasteiger partial charge in [0.15, 0.2) is 0 Å². The molecule has 0 aromatic heterocycles. The molecular weight excluding hydrogens is 324 g/mol. The van der Waals surface area contributed by atoms with Gasteiger partial charge in [0.2, 0.25) is 0 Å². The van der Waals surface area contributed by atoms with Crippen molar-refractivity contribution in [3.05, 3.63) is 22.9 Å². The first-order valence-corrected chi connectivity index (χ1v) is 10.2. The van der Waals surface area contributed by atoms with Crippen LogP contribution in [0.25, 0.3) is 4.85 Å². The van der Waals surface area contributed by atoms with E-state index >= 15 is 0 Å². The third-order valence-electron chi connectivity index (χ3n) is 6.12. The van der Waals surface area contributed by atoms with E-state index in [-0.39, 0.29) is 5.70 Å². The molecule has 1 unspecified atom stereocenters. The summed E-state index contributed by atoms with van der Waals surface area (Å²) in [5.41, 5.74) is 0.262. The summed E-state index contributed by atoms with van der Waals surface area (Å²) in [7, 11) is 0. The Hall–Kier alpha value is -1.76. The third-order valence-corrected chi connectivity index (χ3v) is 6.12. The van der Waals surface area contributed by atoms with Gasteiger partial charge in [0.25, 0.3) is 0 Å². The first-order chi connectivity index (χ1) is 12.7. The average Bonchev–Trinajstić information content (AvgIpc) is 3.38. The molecule has 26 heavy (non-hydrogen) atoms. The minimum atomic E-state index is 0.262. The molecule has 6 nitrogen and oxygen atoms in total. The van der Waals surface area contributed by atoms with Gasteiger partial charge >= 0.3 is 5.70 Å². The lowest BCUT2D eigenvalue weighted by Crippen LogP contribution is -2.34. The molecular formula is C20H32N6. The summed E-state index contributed by atoms with van der Waals surface area (Å²) in [6.45, 7) is 19.2. The molecule has 0 radical (unpaired) electrons. The number of hydrogen-bond donors (Lipinski definition) is 0. The molecule has 3 aliphatic heterocycles. The van der Waals surface area contributed by atoms with Gasteiger partial charge in [0.05, 0.1) is 12.6 Å². The van der Waals surface area contributed by atoms with Gasteiger partial charge in [-0.1, -0.05) is 0 Å². The van der Waals surface area contributed by atoms with Crippen molar-refractivity contribution in [3.8, 4) is 6.07 Å². The summed E-state index contributed by atoms with van der Waals surface area (Å²) in [6, 6.07) is 2.85. The van der Waals surface area contributed by atoms with E-state index in [1.54, 1.807) is 0 Å². The predicted octanol–water partition coefficient (Wildman–Crippen LogP) is 2.19. The Balaban J connectivity index is 1.57. The standard InChI is InChI=1S/C20H32N6/c1-18-7-5-10-24(18)11-6-12-25-15-16-26(20(25)19(17-21)22-2)14-13-23-8-3-4-9-23/h18H,3-16H2,1H3/b20-19+. The van der Waals surface area contributed by atoms with Crippen LogP contribution >= 0.6 is 0 Å². The van der Waals surface area contributed by atoms with Crippen molar-refractivity contribution in [2.45, 2.75) is 45.1 Å². The van der Waals surface area contributed by atoms with Crippen LogP contribution in [0.2, 0.25) is 0 Å². The summed E-state index contributed by atoms with van der Waals surface area (Å²) < 4.78 is 0. The van der Waals surface area contributed by atoms with Gasteiger partial charge in [-0.05, 0) is 58.7 Å². The van der Waals surface area contributed by atoms with Crippen molar-refractivity contribution >= 4 is 0 Å². The third kappa shape index (κ3) is 4.50. The Morgan fingerprint density at radius 1 is 1.04 bits per heavy atom. The highest BCUT2D eigenvalue weighted by Crippen LogP contribution is 2.24. The van der Waals surface area contributed by atoms with Gasteiger partial charge in [-0.25, -0.2) is 10.1 Å². The molecule has 0 aliphatic carbocycles. The van der Waals surface area contributed by atoms with Gasteiger partial charge in [-0.15, -0.1) is 0 Å². The number of nitriles is 1. The van der Waals surface area contributed by atoms with Crippen molar-refractivity contribution in [2.24, 2.45) is 0 Å². The van der Waals surface area contributed by atoms with Crippen LogP contribution < -0.4 is 0 Å². The van der Waals surface area contributed by atoms with Gasteiger partial charge in [-0.3, -0.25) is 0 Å². The average molecular weight is 357 g/mol. The second-order valence-electron chi connectivity index (χ2n) is 7.80. The van der Waals surface area contributed by atoms with Crippen LogP contribution in [0.1, 0.15) is 39.0 Å². The monoisotopic (exact) mass is 356 g/mol. The number of likely N-dealkylation sites (tertiary alicyclic amines) is 2. The fourth-order valence-electron chi connectivity index (χ4n) is 4.57. The first kappa shape index (κ1) is 19.0. The summed E-state index contributed by atoms with van der Waals surface area (Å²) in [5.74, 6) is 0.885. The normalized spacial score (nSPS) is 26.3. The highest BCUT2D eigenvalue weighted by molar-refractivity contribution is 5.33. The molecule has 3 rings (SSSR count). The molecule has 0 N–H and O–H groups in total. The molecule has 0 aromatic carbocycles. The number of allylic oxidation sites excluding steroid dienone is 1. The van der Waals surface area contributed by atoms with Gasteiger partial charge < -0.3 is 19.6 Å². The van der Waals surface area contributed by atoms with Crippen LogP contribution in [-0.2, 0) is 0 Å². The van der Waals surface area contributed by atoms with Crippen LogP contribution in [0.4, 0.5) is 0 Å². The van der Waals surface area contributed by atoms with Crippen molar-refractivity contribution in [1.82, 2.24) is 19.6 Å². The number of hydrogen-bond acceptors (Lipinski definition) is 5. The van der Waals surface area contributed by atoms with Crippen molar-refractivity contribution < 1.29 is 0 Å². The molecule has 6 heteroatoms. The second-order valence-corrected chi connectivity index (χ2v) is 7.80. The predicted molar refractivity (Wildman–Crippen MR) is 103 cm³/mol. The lowest BCUT2D eigenvalue weighted by Gasteiger charge is -2.28. The lowest BCUT2D eigenvalue weighted by molar-refractivity contribution is 0.241. The zero-order valence-corrected chi connectivity index (χ0v) is 16.2. The Morgan fingerprint density at radius 2 is 1.77 bits per heavy atom. The lowest BCUT2D eigenvalue weighted by atomic mass is 10.2. The van der Waals surface area contributed by atoms with E-state index < -0.39 is 0 Å². The molecule has 0 saturated carbocycles. The minimum Gasteiger partial charge on any atom is -0.365 e. The van der Waals surface area contributed by atoms with E-state index in [9.17, 15) is 5.26 Å². The van der Waals surface area contributed by atoms with Crippen LogP contribution in [0, 0.1) is 17.9 Å². The van der Waals surface area contributed by atoms with E-state index in [1.165, 1.54) is 45.3 Å². The molecule has 3 saturated heterocycles. The highest BCUT2D eigenvalue weighted by Gasteiger charge is 2.29. The number of rotatable bonds is 7. The Kier molecular flexibility index (Phi) is 6.77. The molecule has 3 aliphatic rings. The van der Waals surface area contributed by atoms with E-state index in [0.717, 1.165) is 51.5 Å². The Morgan fingerprint density at radius 3 is 2.38 bits per heavy atom. The van der Waals surface area contributed by atoms with Crippen LogP contribution in [0.15, 0.2) is 11.5 Å². The van der Waals surface area contributed by atoms with E-state index in [4.69, 9.17) is 6.57 Å². The Labute approximate surface area is 158 Å². The second kappa shape index (κ2) is 9.26. The molecule has 3 heterocycles. The van der Waals surface area contributed by atoms with Gasteiger partial charge in [0.1, 0.15) is 5.82 Å². The van der Waals surface area contributed by atoms with Crippen molar-refractivity contribution in [2.75, 3.05) is 58.9 Å². The van der Waals surface area contributed by atoms with Gasteiger partial charge in [0, 0.05) is 45.3 Å². The zero-order valence-electron chi connectivity index (χ0n) is 16.2. The molecule has 142 valence electrons. The first-order valence-electron chi connectivity index (χ1n) is 10.2. The maximum absolute atomic E-state index is 9.44. The van der Waals surface area contributed by atoms with E-state index in [0.29, 0.717) is 6.04 Å². The smallest absolute Gasteiger partial charge is 0.300 e. The van der Waals surface area contributed by atoms with Crippen LogP contribution in [0.3, 0.4) is 0 Å².